The van der Waals surface area contributed by atoms with Crippen LogP contribution in [0.1, 0.15) is 29.5 Å². The summed E-state index contributed by atoms with van der Waals surface area (Å²) in [5, 5.41) is 13.0. The molecule has 1 saturated heterocycles. The van der Waals surface area contributed by atoms with Gasteiger partial charge in [-0.05, 0) is 24.6 Å². The summed E-state index contributed by atoms with van der Waals surface area (Å²) in [6, 6.07) is 1.89. The lowest BCUT2D eigenvalue weighted by Gasteiger charge is -2.47. The minimum absolute atomic E-state index is 0.0420. The Balaban J connectivity index is 1.47. The Hall–Kier alpha value is -4.59. The molecule has 2 aliphatic heterocycles. The van der Waals surface area contributed by atoms with Crippen molar-refractivity contribution in [2.75, 3.05) is 19.6 Å². The molecule has 6 rings (SSSR count). The van der Waals surface area contributed by atoms with E-state index in [-0.39, 0.29) is 36.6 Å². The fraction of sp³-hybridized carbons (Fsp3) is 0.308. The molecule has 14 heteroatoms. The number of aromatic nitrogens is 6. The van der Waals surface area contributed by atoms with Gasteiger partial charge in [-0.25, -0.2) is 37.9 Å². The minimum Gasteiger partial charge on any atom is -0.310 e. The normalized spacial score (nSPS) is 20.9. The average Bonchev–Trinajstić information content (AvgIpc) is 3.71. The summed E-state index contributed by atoms with van der Waals surface area (Å²) in [5.41, 5.74) is 0.134. The van der Waals surface area contributed by atoms with Crippen LogP contribution in [0.3, 0.4) is 0 Å². The molecule has 1 aromatic carbocycles. The number of carbonyl (C=O) groups excluding carboxylic acids is 1. The van der Waals surface area contributed by atoms with Gasteiger partial charge in [0.05, 0.1) is 24.8 Å². The van der Waals surface area contributed by atoms with Crippen LogP contribution in [0.15, 0.2) is 54.4 Å². The van der Waals surface area contributed by atoms with E-state index in [0.29, 0.717) is 17.8 Å². The quantitative estimate of drug-likeness (QED) is 0.419. The van der Waals surface area contributed by atoms with E-state index in [1.807, 2.05) is 0 Å². The number of carbonyl (C=O) groups is 1. The third kappa shape index (κ3) is 4.11. The molecule has 0 spiro atoms. The number of nitrogens with one attached hydrogen (secondary N) is 1. The molecule has 2 amide bonds. The molecule has 1 fully saturated rings. The van der Waals surface area contributed by atoms with Crippen LogP contribution in [0.2, 0.25) is 0 Å². The molecule has 11 nitrogen and oxygen atoms in total. The van der Waals surface area contributed by atoms with Crippen molar-refractivity contribution in [1.82, 2.24) is 44.5 Å². The summed E-state index contributed by atoms with van der Waals surface area (Å²) in [4.78, 5) is 29.0. The molecular weight excluding hydrogens is 525 g/mol. The number of hydrogen-bond acceptors (Lipinski definition) is 7. The molecule has 0 saturated carbocycles. The monoisotopic (exact) mass is 550 g/mol. The van der Waals surface area contributed by atoms with Crippen molar-refractivity contribution < 1.29 is 18.0 Å². The lowest BCUT2D eigenvalue weighted by atomic mass is 10.0. The Morgan fingerprint density at radius 2 is 1.95 bits per heavy atom. The van der Waals surface area contributed by atoms with Crippen LogP contribution in [-0.4, -0.2) is 71.1 Å². The van der Waals surface area contributed by atoms with Gasteiger partial charge in [0.15, 0.2) is 17.3 Å². The molecule has 1 unspecified atom stereocenters. The van der Waals surface area contributed by atoms with Crippen molar-refractivity contribution in [2.24, 2.45) is 12.1 Å². The maximum Gasteiger partial charge on any atom is 0.343 e. The predicted octanol–water partition coefficient (Wildman–Crippen LogP) is 2.96. The van der Waals surface area contributed by atoms with Gasteiger partial charge in [-0.3, -0.25) is 9.58 Å². The number of piperazine rings is 1. The van der Waals surface area contributed by atoms with E-state index < -0.39 is 35.2 Å². The Labute approximate surface area is 227 Å². The number of nitrogens with zero attached hydrogens (tertiary/aromatic N) is 9. The van der Waals surface area contributed by atoms with Gasteiger partial charge in [0.25, 0.3) is 0 Å². The highest BCUT2D eigenvalue weighted by Gasteiger charge is 2.50. The number of urea groups is 1. The Bertz CT molecular complexity index is 1580. The average molecular weight is 551 g/mol. The van der Waals surface area contributed by atoms with E-state index in [9.17, 15) is 13.6 Å². The molecule has 206 valence electrons. The number of amides is 2. The van der Waals surface area contributed by atoms with Crippen molar-refractivity contribution in [2.45, 2.75) is 25.0 Å². The van der Waals surface area contributed by atoms with Crippen LogP contribution in [0.5, 0.6) is 0 Å². The van der Waals surface area contributed by atoms with Crippen LogP contribution in [0.25, 0.3) is 11.3 Å². The van der Waals surface area contributed by atoms with Crippen LogP contribution < -0.4 is 5.32 Å². The standard InChI is InChI=1S/C26H25F3N10O/c1-16-20(12-34-36(16)2)23-21(29)13-32-24(35-23)26(37-7-5-31-15-37)14-30-6-8-38(26)25(40)39-22(3-4-33-39)17-9-18(27)11-19(28)10-17/h4-5,7,9-13,15,22,30H,3,6,8,14H2,1-2H3/t22?,26-/m0/s1. The first kappa shape index (κ1) is 25.7. The summed E-state index contributed by atoms with van der Waals surface area (Å²) in [6.07, 6.45) is 9.16. The molecule has 5 heterocycles. The smallest absolute Gasteiger partial charge is 0.310 e. The van der Waals surface area contributed by atoms with Gasteiger partial charge in [-0.15, -0.1) is 0 Å². The highest BCUT2D eigenvalue weighted by Crippen LogP contribution is 2.36. The maximum absolute atomic E-state index is 15.1. The van der Waals surface area contributed by atoms with Crippen molar-refractivity contribution in [3.63, 3.8) is 0 Å². The predicted molar refractivity (Wildman–Crippen MR) is 137 cm³/mol. The summed E-state index contributed by atoms with van der Waals surface area (Å²) in [7, 11) is 1.74. The number of hydrogen-bond donors (Lipinski definition) is 1. The number of aryl methyl sites for hydroxylation is 1. The zero-order valence-electron chi connectivity index (χ0n) is 21.7. The van der Waals surface area contributed by atoms with Gasteiger partial charge in [0, 0.05) is 69.0 Å². The molecule has 2 atom stereocenters. The summed E-state index contributed by atoms with van der Waals surface area (Å²) >= 11 is 0. The first-order chi connectivity index (χ1) is 19.3. The van der Waals surface area contributed by atoms with Gasteiger partial charge in [0.2, 0.25) is 0 Å². The van der Waals surface area contributed by atoms with Gasteiger partial charge in [0.1, 0.15) is 17.3 Å². The maximum atomic E-state index is 15.1. The lowest BCUT2D eigenvalue weighted by molar-refractivity contribution is 0.0319. The molecular formula is C26H25F3N10O. The zero-order chi connectivity index (χ0) is 28.0. The second-order valence-electron chi connectivity index (χ2n) is 9.65. The van der Waals surface area contributed by atoms with Crippen molar-refractivity contribution in [1.29, 1.82) is 0 Å². The number of rotatable bonds is 4. The Morgan fingerprint density at radius 3 is 2.65 bits per heavy atom. The second kappa shape index (κ2) is 9.86. The largest absolute Gasteiger partial charge is 0.343 e. The van der Waals surface area contributed by atoms with Crippen LogP contribution in [0, 0.1) is 24.4 Å². The number of benzene rings is 1. The van der Waals surface area contributed by atoms with Gasteiger partial charge < -0.3 is 9.88 Å². The Morgan fingerprint density at radius 1 is 1.15 bits per heavy atom. The summed E-state index contributed by atoms with van der Waals surface area (Å²) in [5.74, 6) is -1.99. The van der Waals surface area contributed by atoms with Gasteiger partial charge in [-0.2, -0.15) is 10.2 Å². The van der Waals surface area contributed by atoms with E-state index in [1.165, 1.54) is 40.8 Å². The third-order valence-electron chi connectivity index (χ3n) is 7.38. The Kier molecular flexibility index (Phi) is 6.33. The van der Waals surface area contributed by atoms with E-state index in [1.54, 1.807) is 35.6 Å². The van der Waals surface area contributed by atoms with E-state index in [0.717, 1.165) is 12.3 Å². The highest BCUT2D eigenvalue weighted by molar-refractivity contribution is 5.79. The number of hydrazone groups is 1. The molecule has 3 aromatic heterocycles. The fourth-order valence-corrected chi connectivity index (χ4v) is 5.26. The molecule has 0 bridgehead atoms. The topological polar surface area (TPSA) is 109 Å². The van der Waals surface area contributed by atoms with E-state index in [2.05, 4.69) is 30.5 Å². The van der Waals surface area contributed by atoms with Crippen molar-refractivity contribution in [3.05, 3.63) is 83.8 Å². The van der Waals surface area contributed by atoms with E-state index in [4.69, 9.17) is 0 Å². The molecule has 40 heavy (non-hydrogen) atoms. The van der Waals surface area contributed by atoms with Gasteiger partial charge in [-0.1, -0.05) is 0 Å². The number of halogens is 3. The molecule has 0 aliphatic carbocycles. The summed E-state index contributed by atoms with van der Waals surface area (Å²) in [6.45, 7) is 2.61. The first-order valence-corrected chi connectivity index (χ1v) is 12.6. The van der Waals surface area contributed by atoms with Crippen LogP contribution in [0.4, 0.5) is 18.0 Å². The van der Waals surface area contributed by atoms with Crippen molar-refractivity contribution in [3.8, 4) is 11.3 Å². The summed E-state index contributed by atoms with van der Waals surface area (Å²) < 4.78 is 46.5. The minimum atomic E-state index is -1.37. The molecule has 0 radical (unpaired) electrons. The zero-order valence-corrected chi connectivity index (χ0v) is 21.7. The van der Waals surface area contributed by atoms with Crippen LogP contribution in [-0.2, 0) is 12.7 Å². The van der Waals surface area contributed by atoms with Crippen LogP contribution >= 0.6 is 0 Å². The van der Waals surface area contributed by atoms with E-state index >= 15 is 4.39 Å². The molecule has 2 aliphatic rings. The number of imidazole rings is 1. The highest BCUT2D eigenvalue weighted by atomic mass is 19.1. The van der Waals surface area contributed by atoms with Crippen molar-refractivity contribution >= 4 is 12.2 Å². The molecule has 4 aromatic rings. The molecule has 1 N–H and O–H groups in total. The lowest BCUT2D eigenvalue weighted by Crippen LogP contribution is -2.66. The van der Waals surface area contributed by atoms with Gasteiger partial charge >= 0.3 is 6.03 Å². The second-order valence-corrected chi connectivity index (χ2v) is 9.65. The fourth-order valence-electron chi connectivity index (χ4n) is 5.26. The SMILES string of the molecule is Cc1c(-c2nc([C@]3(n4ccnc4)CNCCN3C(=O)N3N=CCC3c3cc(F)cc(F)c3)ncc2F)cnn1C. The first-order valence-electron chi connectivity index (χ1n) is 12.6. The third-order valence-corrected chi connectivity index (χ3v) is 7.38.